The third-order valence-electron chi connectivity index (χ3n) is 4.14. The van der Waals surface area contributed by atoms with Gasteiger partial charge in [-0.25, -0.2) is 0 Å². The Hall–Kier alpha value is -1.19. The summed E-state index contributed by atoms with van der Waals surface area (Å²) in [6.07, 6.45) is 4.45. The van der Waals surface area contributed by atoms with Crippen LogP contribution >= 0.6 is 0 Å². The van der Waals surface area contributed by atoms with Crippen LogP contribution < -0.4 is 0 Å². The third-order valence-corrected chi connectivity index (χ3v) is 4.14. The predicted molar refractivity (Wildman–Crippen MR) is 85.8 cm³/mol. The molecule has 1 saturated heterocycles. The van der Waals surface area contributed by atoms with E-state index < -0.39 is 0 Å². The first-order valence-electron chi connectivity index (χ1n) is 8.07. The molecule has 0 bridgehead atoms. The normalized spacial score (nSPS) is 16.3. The van der Waals surface area contributed by atoms with Gasteiger partial charge in [0.25, 0.3) is 0 Å². The molecule has 1 aliphatic rings. The monoisotopic (exact) mass is 289 g/mol. The van der Waals surface area contributed by atoms with Crippen molar-refractivity contribution in [2.45, 2.75) is 32.6 Å². The number of benzene rings is 1. The summed E-state index contributed by atoms with van der Waals surface area (Å²) < 4.78 is 5.38. The number of carbonyl (C=O) groups is 1. The first-order chi connectivity index (χ1) is 10.2. The zero-order valence-electron chi connectivity index (χ0n) is 13.3. The van der Waals surface area contributed by atoms with Crippen LogP contribution in [-0.4, -0.2) is 44.0 Å². The third kappa shape index (κ3) is 5.25. The van der Waals surface area contributed by atoms with Crippen LogP contribution in [0.3, 0.4) is 0 Å². The van der Waals surface area contributed by atoms with Gasteiger partial charge in [-0.1, -0.05) is 37.6 Å². The van der Waals surface area contributed by atoms with Crippen LogP contribution in [0.15, 0.2) is 24.3 Å². The lowest BCUT2D eigenvalue weighted by molar-refractivity contribution is 0.0549. The van der Waals surface area contributed by atoms with Gasteiger partial charge in [0.1, 0.15) is 0 Å². The van der Waals surface area contributed by atoms with Crippen molar-refractivity contribution in [1.82, 2.24) is 4.90 Å². The minimum Gasteiger partial charge on any atom is -0.381 e. The van der Waals surface area contributed by atoms with Crippen molar-refractivity contribution in [3.8, 4) is 0 Å². The van der Waals surface area contributed by atoms with Crippen LogP contribution in [0.25, 0.3) is 0 Å². The molecule has 0 aliphatic carbocycles. The fourth-order valence-electron chi connectivity index (χ4n) is 2.92. The lowest BCUT2D eigenvalue weighted by Crippen LogP contribution is -2.33. The summed E-state index contributed by atoms with van der Waals surface area (Å²) in [7, 11) is 2.04. The van der Waals surface area contributed by atoms with Crippen LogP contribution in [0.4, 0.5) is 0 Å². The van der Waals surface area contributed by atoms with E-state index in [2.05, 4.69) is 24.0 Å². The molecule has 1 aliphatic heterocycles. The summed E-state index contributed by atoms with van der Waals surface area (Å²) in [5, 5.41) is 0. The SMILES string of the molecule is CCCc1ccc(C(=O)CN(C)CC2CCOCC2)cc1. The standard InChI is InChI=1S/C18H27NO2/c1-3-4-15-5-7-17(8-6-15)18(20)14-19(2)13-16-9-11-21-12-10-16/h5-8,16H,3-4,9-14H2,1-2H3. The van der Waals surface area contributed by atoms with Gasteiger partial charge >= 0.3 is 0 Å². The van der Waals surface area contributed by atoms with Crippen LogP contribution in [0.1, 0.15) is 42.1 Å². The summed E-state index contributed by atoms with van der Waals surface area (Å²) in [4.78, 5) is 14.5. The van der Waals surface area contributed by atoms with E-state index in [1.165, 1.54) is 5.56 Å². The average Bonchev–Trinajstić information content (AvgIpc) is 2.49. The molecular formula is C18H27NO2. The molecule has 1 heterocycles. The molecule has 0 atom stereocenters. The smallest absolute Gasteiger partial charge is 0.176 e. The summed E-state index contributed by atoms with van der Waals surface area (Å²) in [5.41, 5.74) is 2.14. The maximum atomic E-state index is 12.3. The summed E-state index contributed by atoms with van der Waals surface area (Å²) >= 11 is 0. The van der Waals surface area contributed by atoms with Crippen LogP contribution in [0.5, 0.6) is 0 Å². The van der Waals surface area contributed by atoms with E-state index in [1.807, 2.05) is 19.2 Å². The number of likely N-dealkylation sites (N-methyl/N-ethyl adjacent to an activating group) is 1. The van der Waals surface area contributed by atoms with E-state index in [4.69, 9.17) is 4.74 Å². The zero-order chi connectivity index (χ0) is 15.1. The second-order valence-corrected chi connectivity index (χ2v) is 6.12. The van der Waals surface area contributed by atoms with Gasteiger partial charge in [0, 0.05) is 25.3 Å². The van der Waals surface area contributed by atoms with Gasteiger partial charge in [0.05, 0.1) is 6.54 Å². The predicted octanol–water partition coefficient (Wildman–Crippen LogP) is 3.18. The molecule has 0 spiro atoms. The molecule has 0 aromatic heterocycles. The van der Waals surface area contributed by atoms with Crippen molar-refractivity contribution in [3.63, 3.8) is 0 Å². The van der Waals surface area contributed by atoms with E-state index in [1.54, 1.807) is 0 Å². The molecule has 3 heteroatoms. The van der Waals surface area contributed by atoms with Gasteiger partial charge in [0.15, 0.2) is 5.78 Å². The van der Waals surface area contributed by atoms with Gasteiger partial charge in [0.2, 0.25) is 0 Å². The first kappa shape index (κ1) is 16.2. The van der Waals surface area contributed by atoms with Gasteiger partial charge in [-0.2, -0.15) is 0 Å². The van der Waals surface area contributed by atoms with Gasteiger partial charge < -0.3 is 4.74 Å². The maximum absolute atomic E-state index is 12.3. The average molecular weight is 289 g/mol. The second-order valence-electron chi connectivity index (χ2n) is 6.12. The highest BCUT2D eigenvalue weighted by Crippen LogP contribution is 2.16. The van der Waals surface area contributed by atoms with Gasteiger partial charge in [-0.05, 0) is 37.8 Å². The summed E-state index contributed by atoms with van der Waals surface area (Å²) in [6.45, 7) is 5.40. The van der Waals surface area contributed by atoms with E-state index in [9.17, 15) is 4.79 Å². The highest BCUT2D eigenvalue weighted by molar-refractivity contribution is 5.97. The number of nitrogens with zero attached hydrogens (tertiary/aromatic N) is 1. The van der Waals surface area contributed by atoms with E-state index in [0.717, 1.165) is 51.0 Å². The Morgan fingerprint density at radius 1 is 1.24 bits per heavy atom. The lowest BCUT2D eigenvalue weighted by atomic mass is 9.99. The van der Waals surface area contributed by atoms with Crippen molar-refractivity contribution < 1.29 is 9.53 Å². The molecule has 116 valence electrons. The zero-order valence-corrected chi connectivity index (χ0v) is 13.3. The molecule has 0 radical (unpaired) electrons. The van der Waals surface area contributed by atoms with Crippen LogP contribution in [0.2, 0.25) is 0 Å². The summed E-state index contributed by atoms with van der Waals surface area (Å²) in [6, 6.07) is 8.09. The minimum atomic E-state index is 0.215. The van der Waals surface area contributed by atoms with Gasteiger partial charge in [-0.15, -0.1) is 0 Å². The van der Waals surface area contributed by atoms with E-state index >= 15 is 0 Å². The molecule has 21 heavy (non-hydrogen) atoms. The molecule has 0 N–H and O–H groups in total. The highest BCUT2D eigenvalue weighted by atomic mass is 16.5. The quantitative estimate of drug-likeness (QED) is 0.722. The summed E-state index contributed by atoms with van der Waals surface area (Å²) in [5.74, 6) is 0.885. The molecule has 0 unspecified atom stereocenters. The van der Waals surface area contributed by atoms with Crippen molar-refractivity contribution in [1.29, 1.82) is 0 Å². The minimum absolute atomic E-state index is 0.215. The Kier molecular flexibility index (Phi) is 6.40. The topological polar surface area (TPSA) is 29.5 Å². The number of hydrogen-bond donors (Lipinski definition) is 0. The fraction of sp³-hybridized carbons (Fsp3) is 0.611. The molecule has 0 saturated carbocycles. The molecule has 1 fully saturated rings. The largest absolute Gasteiger partial charge is 0.381 e. The van der Waals surface area contributed by atoms with Crippen molar-refractivity contribution in [2.24, 2.45) is 5.92 Å². The molecule has 1 aromatic rings. The molecule has 2 rings (SSSR count). The number of ketones is 1. The Bertz CT molecular complexity index is 435. The Labute approximate surface area is 128 Å². The number of hydrogen-bond acceptors (Lipinski definition) is 3. The highest BCUT2D eigenvalue weighted by Gasteiger charge is 2.17. The van der Waals surface area contributed by atoms with Crippen molar-refractivity contribution in [3.05, 3.63) is 35.4 Å². The fourth-order valence-corrected chi connectivity index (χ4v) is 2.92. The second kappa shape index (κ2) is 8.30. The Morgan fingerprint density at radius 2 is 1.90 bits per heavy atom. The van der Waals surface area contributed by atoms with E-state index in [-0.39, 0.29) is 5.78 Å². The Morgan fingerprint density at radius 3 is 2.52 bits per heavy atom. The first-order valence-corrected chi connectivity index (χ1v) is 8.07. The number of aryl methyl sites for hydroxylation is 1. The molecule has 1 aromatic carbocycles. The van der Waals surface area contributed by atoms with E-state index in [0.29, 0.717) is 12.5 Å². The number of ether oxygens (including phenoxy) is 1. The number of carbonyl (C=O) groups excluding carboxylic acids is 1. The maximum Gasteiger partial charge on any atom is 0.176 e. The molecule has 3 nitrogen and oxygen atoms in total. The van der Waals surface area contributed by atoms with Crippen LogP contribution in [-0.2, 0) is 11.2 Å². The lowest BCUT2D eigenvalue weighted by Gasteiger charge is -2.26. The van der Waals surface area contributed by atoms with Crippen LogP contribution in [0, 0.1) is 5.92 Å². The van der Waals surface area contributed by atoms with Gasteiger partial charge in [-0.3, -0.25) is 9.69 Å². The van der Waals surface area contributed by atoms with Crippen molar-refractivity contribution in [2.75, 3.05) is 33.4 Å². The molecule has 0 amide bonds. The number of Topliss-reactive ketones (excluding diaryl/α,β-unsaturated/α-hetero) is 1. The van der Waals surface area contributed by atoms with Crippen molar-refractivity contribution >= 4 is 5.78 Å². The Balaban J connectivity index is 1.82. The number of rotatable bonds is 7. The molecular weight excluding hydrogens is 262 g/mol.